The monoisotopic (exact) mass is 305 g/mol. The van der Waals surface area contributed by atoms with Gasteiger partial charge in [-0.05, 0) is 12.1 Å². The SMILES string of the molecule is CNc1ncccc1S(=O)(=O)N1CCS(=O)(=O)CC1. The van der Waals surface area contributed by atoms with Gasteiger partial charge in [0, 0.05) is 26.3 Å². The minimum atomic E-state index is -3.71. The zero-order valence-corrected chi connectivity index (χ0v) is 12.0. The van der Waals surface area contributed by atoms with Crippen molar-refractivity contribution in [2.75, 3.05) is 37.0 Å². The van der Waals surface area contributed by atoms with E-state index in [-0.39, 0.29) is 35.3 Å². The highest BCUT2D eigenvalue weighted by Crippen LogP contribution is 2.23. The summed E-state index contributed by atoms with van der Waals surface area (Å²) in [7, 11) is -5.24. The number of anilines is 1. The Morgan fingerprint density at radius 3 is 2.53 bits per heavy atom. The molecule has 0 unspecified atom stereocenters. The van der Waals surface area contributed by atoms with Gasteiger partial charge in [0.1, 0.15) is 10.7 Å². The third kappa shape index (κ3) is 2.88. The molecule has 19 heavy (non-hydrogen) atoms. The van der Waals surface area contributed by atoms with Crippen LogP contribution in [0.2, 0.25) is 0 Å². The Hall–Kier alpha value is -1.19. The Labute approximate surface area is 112 Å². The maximum Gasteiger partial charge on any atom is 0.246 e. The predicted molar refractivity (Wildman–Crippen MR) is 71.2 cm³/mol. The molecule has 0 saturated carbocycles. The van der Waals surface area contributed by atoms with Crippen LogP contribution in [0.15, 0.2) is 23.2 Å². The number of sulfonamides is 1. The average Bonchev–Trinajstić information content (AvgIpc) is 2.38. The van der Waals surface area contributed by atoms with Gasteiger partial charge in [-0.3, -0.25) is 0 Å². The average molecular weight is 305 g/mol. The van der Waals surface area contributed by atoms with Crippen molar-refractivity contribution in [1.29, 1.82) is 0 Å². The van der Waals surface area contributed by atoms with Gasteiger partial charge in [-0.2, -0.15) is 4.31 Å². The Kier molecular flexibility index (Phi) is 3.79. The fourth-order valence-corrected chi connectivity index (χ4v) is 4.89. The molecule has 0 amide bonds. The van der Waals surface area contributed by atoms with E-state index in [1.807, 2.05) is 0 Å². The molecular formula is C10H15N3O4S2. The molecule has 1 N–H and O–H groups in total. The second kappa shape index (κ2) is 5.06. The summed E-state index contributed by atoms with van der Waals surface area (Å²) >= 11 is 0. The highest BCUT2D eigenvalue weighted by atomic mass is 32.2. The van der Waals surface area contributed by atoms with E-state index in [1.165, 1.54) is 22.6 Å². The van der Waals surface area contributed by atoms with Crippen LogP contribution in [0.5, 0.6) is 0 Å². The summed E-state index contributed by atoms with van der Waals surface area (Å²) in [5.74, 6) is -0.0149. The zero-order chi connectivity index (χ0) is 14.1. The number of pyridine rings is 1. The summed E-state index contributed by atoms with van der Waals surface area (Å²) < 4.78 is 48.7. The van der Waals surface area contributed by atoms with E-state index in [9.17, 15) is 16.8 Å². The minimum absolute atomic E-state index is 0.0112. The van der Waals surface area contributed by atoms with Crippen molar-refractivity contribution in [3.05, 3.63) is 18.3 Å². The number of nitrogens with zero attached hydrogens (tertiary/aromatic N) is 2. The van der Waals surface area contributed by atoms with E-state index in [0.29, 0.717) is 0 Å². The molecule has 2 heterocycles. The maximum atomic E-state index is 12.4. The van der Waals surface area contributed by atoms with E-state index in [4.69, 9.17) is 0 Å². The van der Waals surface area contributed by atoms with Crippen molar-refractivity contribution in [3.8, 4) is 0 Å². The molecule has 0 bridgehead atoms. The molecule has 0 aromatic carbocycles. The van der Waals surface area contributed by atoms with Crippen LogP contribution >= 0.6 is 0 Å². The number of hydrogen-bond acceptors (Lipinski definition) is 6. The first-order chi connectivity index (χ1) is 8.87. The lowest BCUT2D eigenvalue weighted by molar-refractivity contribution is 0.431. The molecule has 1 aliphatic heterocycles. The van der Waals surface area contributed by atoms with Gasteiger partial charge in [0.2, 0.25) is 10.0 Å². The lowest BCUT2D eigenvalue weighted by atomic mass is 10.5. The lowest BCUT2D eigenvalue weighted by Crippen LogP contribution is -2.43. The number of nitrogens with one attached hydrogen (secondary N) is 1. The summed E-state index contributed by atoms with van der Waals surface area (Å²) in [4.78, 5) is 4.02. The molecule has 7 nitrogen and oxygen atoms in total. The highest BCUT2D eigenvalue weighted by molar-refractivity contribution is 7.92. The molecule has 1 aromatic rings. The molecule has 0 atom stereocenters. The Bertz CT molecular complexity index is 656. The summed E-state index contributed by atoms with van der Waals surface area (Å²) in [6, 6.07) is 2.99. The van der Waals surface area contributed by atoms with Crippen molar-refractivity contribution in [3.63, 3.8) is 0 Å². The molecule has 2 rings (SSSR count). The molecule has 106 valence electrons. The third-order valence-corrected chi connectivity index (χ3v) is 6.47. The zero-order valence-electron chi connectivity index (χ0n) is 10.4. The van der Waals surface area contributed by atoms with Crippen LogP contribution in [-0.4, -0.2) is 57.8 Å². The molecule has 1 saturated heterocycles. The lowest BCUT2D eigenvalue weighted by Gasteiger charge is -2.26. The van der Waals surface area contributed by atoms with Gasteiger partial charge >= 0.3 is 0 Å². The largest absolute Gasteiger partial charge is 0.372 e. The fraction of sp³-hybridized carbons (Fsp3) is 0.500. The number of rotatable bonds is 3. The van der Waals surface area contributed by atoms with E-state index in [0.717, 1.165) is 0 Å². The molecule has 0 spiro atoms. The van der Waals surface area contributed by atoms with Gasteiger partial charge < -0.3 is 5.32 Å². The van der Waals surface area contributed by atoms with Gasteiger partial charge in [0.05, 0.1) is 11.5 Å². The smallest absolute Gasteiger partial charge is 0.246 e. The Morgan fingerprint density at radius 1 is 1.32 bits per heavy atom. The summed E-state index contributed by atoms with van der Waals surface area (Å²) in [5.41, 5.74) is 0. The van der Waals surface area contributed by atoms with Gasteiger partial charge in [0.25, 0.3) is 0 Å². The molecular weight excluding hydrogens is 290 g/mol. The van der Waals surface area contributed by atoms with Crippen molar-refractivity contribution in [1.82, 2.24) is 9.29 Å². The Balaban J connectivity index is 2.33. The van der Waals surface area contributed by atoms with Crippen LogP contribution in [0.3, 0.4) is 0 Å². The standard InChI is InChI=1S/C10H15N3O4S2/c1-11-10-9(3-2-4-12-10)19(16,17)13-5-7-18(14,15)8-6-13/h2-4H,5-8H2,1H3,(H,11,12). The Morgan fingerprint density at radius 2 is 1.95 bits per heavy atom. The van der Waals surface area contributed by atoms with E-state index in [1.54, 1.807) is 7.05 Å². The summed E-state index contributed by atoms with van der Waals surface area (Å²) in [5, 5.41) is 2.72. The molecule has 1 aromatic heterocycles. The molecule has 0 radical (unpaired) electrons. The van der Waals surface area contributed by atoms with Crippen LogP contribution in [0.4, 0.5) is 5.82 Å². The van der Waals surface area contributed by atoms with Gasteiger partial charge in [0.15, 0.2) is 9.84 Å². The number of aromatic nitrogens is 1. The highest BCUT2D eigenvalue weighted by Gasteiger charge is 2.32. The topological polar surface area (TPSA) is 96.4 Å². The van der Waals surface area contributed by atoms with Crippen molar-refractivity contribution in [2.45, 2.75) is 4.90 Å². The molecule has 0 aliphatic carbocycles. The number of hydrogen-bond donors (Lipinski definition) is 1. The summed E-state index contributed by atoms with van der Waals surface area (Å²) in [6.07, 6.45) is 1.49. The second-order valence-corrected chi connectivity index (χ2v) is 8.37. The second-order valence-electron chi connectivity index (χ2n) is 4.16. The van der Waals surface area contributed by atoms with Crippen LogP contribution in [0.1, 0.15) is 0 Å². The molecule has 1 fully saturated rings. The summed E-state index contributed by atoms with van der Waals surface area (Å²) in [6.45, 7) is -0.0224. The van der Waals surface area contributed by atoms with Crippen LogP contribution < -0.4 is 5.32 Å². The first-order valence-corrected chi connectivity index (χ1v) is 8.96. The van der Waals surface area contributed by atoms with Crippen molar-refractivity contribution in [2.24, 2.45) is 0 Å². The van der Waals surface area contributed by atoms with Gasteiger partial charge in [-0.25, -0.2) is 21.8 Å². The van der Waals surface area contributed by atoms with E-state index < -0.39 is 19.9 Å². The normalized spacial score (nSPS) is 20.1. The predicted octanol–water partition coefficient (Wildman–Crippen LogP) is -0.458. The van der Waals surface area contributed by atoms with Crippen molar-refractivity contribution < 1.29 is 16.8 Å². The van der Waals surface area contributed by atoms with Gasteiger partial charge in [-0.1, -0.05) is 0 Å². The minimum Gasteiger partial charge on any atom is -0.372 e. The van der Waals surface area contributed by atoms with Crippen LogP contribution in [0, 0.1) is 0 Å². The maximum absolute atomic E-state index is 12.4. The first-order valence-electron chi connectivity index (χ1n) is 5.70. The quantitative estimate of drug-likeness (QED) is 0.812. The van der Waals surface area contributed by atoms with E-state index in [2.05, 4.69) is 10.3 Å². The van der Waals surface area contributed by atoms with Crippen LogP contribution in [0.25, 0.3) is 0 Å². The van der Waals surface area contributed by atoms with Gasteiger partial charge in [-0.15, -0.1) is 0 Å². The van der Waals surface area contributed by atoms with Crippen LogP contribution in [-0.2, 0) is 19.9 Å². The number of sulfone groups is 1. The van der Waals surface area contributed by atoms with E-state index >= 15 is 0 Å². The first kappa shape index (κ1) is 14.2. The fourth-order valence-electron chi connectivity index (χ4n) is 1.86. The molecule has 1 aliphatic rings. The van der Waals surface area contributed by atoms with Crippen molar-refractivity contribution >= 4 is 25.7 Å². The molecule has 9 heteroatoms. The third-order valence-electron chi connectivity index (χ3n) is 2.93.